The zero-order valence-corrected chi connectivity index (χ0v) is 16.5. The molecule has 2 aromatic heterocycles. The molecule has 27 heavy (non-hydrogen) atoms. The van der Waals surface area contributed by atoms with Crippen LogP contribution in [0, 0.1) is 0 Å². The lowest BCUT2D eigenvalue weighted by molar-refractivity contribution is -0.131. The lowest BCUT2D eigenvalue weighted by atomic mass is 9.94. The van der Waals surface area contributed by atoms with Crippen LogP contribution in [0.15, 0.2) is 40.1 Å². The van der Waals surface area contributed by atoms with Gasteiger partial charge in [-0.25, -0.2) is 0 Å². The van der Waals surface area contributed by atoms with E-state index in [1.54, 1.807) is 0 Å². The van der Waals surface area contributed by atoms with Crippen molar-refractivity contribution in [2.75, 3.05) is 7.05 Å². The molecule has 2 heterocycles. The van der Waals surface area contributed by atoms with Crippen molar-refractivity contribution in [3.05, 3.63) is 30.5 Å². The second-order valence-corrected chi connectivity index (χ2v) is 8.41. The standard InChI is InChI=1S/C20H24N4O2S/c1-13(19(25)24(2)14-8-4-3-5-9-14)27-20-23-22-18(26-20)16-12-21-17-11-7-6-10-15(16)17/h6-7,10-14,21H,3-5,8-9H2,1-2H3/t13-/m0/s1. The Bertz CT molecular complexity index is 929. The Kier molecular flexibility index (Phi) is 5.20. The number of carbonyl (C=O) groups is 1. The number of carbonyl (C=O) groups excluding carboxylic acids is 1. The molecule has 1 aliphatic carbocycles. The van der Waals surface area contributed by atoms with E-state index in [1.165, 1.54) is 31.0 Å². The molecule has 0 radical (unpaired) electrons. The fraction of sp³-hybridized carbons (Fsp3) is 0.450. The van der Waals surface area contributed by atoms with Crippen LogP contribution in [-0.2, 0) is 4.79 Å². The molecule has 3 aromatic rings. The maximum Gasteiger partial charge on any atom is 0.277 e. The van der Waals surface area contributed by atoms with Crippen LogP contribution < -0.4 is 0 Å². The number of H-pyrrole nitrogens is 1. The summed E-state index contributed by atoms with van der Waals surface area (Å²) in [6.07, 6.45) is 7.78. The average molecular weight is 385 g/mol. The molecule has 1 amide bonds. The van der Waals surface area contributed by atoms with Crippen LogP contribution in [0.1, 0.15) is 39.0 Å². The summed E-state index contributed by atoms with van der Waals surface area (Å²) in [6, 6.07) is 8.34. The van der Waals surface area contributed by atoms with Crippen molar-refractivity contribution in [2.45, 2.75) is 55.5 Å². The minimum Gasteiger partial charge on any atom is -0.411 e. The van der Waals surface area contributed by atoms with E-state index in [1.807, 2.05) is 49.3 Å². The zero-order valence-electron chi connectivity index (χ0n) is 15.6. The number of thioether (sulfide) groups is 1. The zero-order chi connectivity index (χ0) is 18.8. The molecule has 1 saturated carbocycles. The number of nitrogens with zero attached hydrogens (tertiary/aromatic N) is 3. The molecular formula is C20H24N4O2S. The predicted molar refractivity (Wildman–Crippen MR) is 107 cm³/mol. The van der Waals surface area contributed by atoms with E-state index in [2.05, 4.69) is 15.2 Å². The van der Waals surface area contributed by atoms with E-state index >= 15 is 0 Å². The van der Waals surface area contributed by atoms with Gasteiger partial charge in [-0.05, 0) is 25.8 Å². The number of aromatic amines is 1. The van der Waals surface area contributed by atoms with E-state index in [0.717, 1.165) is 29.3 Å². The van der Waals surface area contributed by atoms with Crippen LogP contribution in [0.25, 0.3) is 22.4 Å². The first-order valence-electron chi connectivity index (χ1n) is 9.47. The normalized spacial score (nSPS) is 16.5. The lowest BCUT2D eigenvalue weighted by Gasteiger charge is -2.32. The lowest BCUT2D eigenvalue weighted by Crippen LogP contribution is -2.42. The van der Waals surface area contributed by atoms with Crippen molar-refractivity contribution in [3.8, 4) is 11.5 Å². The van der Waals surface area contributed by atoms with Gasteiger partial charge in [0.1, 0.15) is 0 Å². The molecule has 0 unspecified atom stereocenters. The molecule has 0 saturated heterocycles. The third-order valence-corrected chi connectivity index (χ3v) is 6.24. The molecule has 0 bridgehead atoms. The molecule has 1 aromatic carbocycles. The van der Waals surface area contributed by atoms with Gasteiger partial charge in [-0.1, -0.05) is 49.2 Å². The fourth-order valence-electron chi connectivity index (χ4n) is 3.75. The van der Waals surface area contributed by atoms with E-state index in [9.17, 15) is 4.79 Å². The summed E-state index contributed by atoms with van der Waals surface area (Å²) in [5.41, 5.74) is 1.90. The van der Waals surface area contributed by atoms with Gasteiger partial charge in [0.25, 0.3) is 11.1 Å². The quantitative estimate of drug-likeness (QED) is 0.656. The van der Waals surface area contributed by atoms with Gasteiger partial charge in [0.2, 0.25) is 5.91 Å². The monoisotopic (exact) mass is 384 g/mol. The number of nitrogens with one attached hydrogen (secondary N) is 1. The Morgan fingerprint density at radius 3 is 2.85 bits per heavy atom. The van der Waals surface area contributed by atoms with Crippen molar-refractivity contribution < 1.29 is 9.21 Å². The van der Waals surface area contributed by atoms with Gasteiger partial charge >= 0.3 is 0 Å². The van der Waals surface area contributed by atoms with Crippen LogP contribution in [0.5, 0.6) is 0 Å². The third-order valence-electron chi connectivity index (χ3n) is 5.32. The van der Waals surface area contributed by atoms with Crippen LogP contribution in [0.2, 0.25) is 0 Å². The van der Waals surface area contributed by atoms with Gasteiger partial charge in [-0.3, -0.25) is 4.79 Å². The Morgan fingerprint density at radius 1 is 1.26 bits per heavy atom. The SMILES string of the molecule is C[C@H](Sc1nnc(-c2c[nH]c3ccccc23)o1)C(=O)N(C)C1CCCCC1. The van der Waals surface area contributed by atoms with Gasteiger partial charge in [0.05, 0.1) is 10.8 Å². The second kappa shape index (κ2) is 7.76. The highest BCUT2D eigenvalue weighted by Crippen LogP contribution is 2.31. The van der Waals surface area contributed by atoms with Crippen molar-refractivity contribution >= 4 is 28.6 Å². The molecule has 7 heteroatoms. The molecule has 1 fully saturated rings. The number of fused-ring (bicyclic) bond motifs is 1. The van der Waals surface area contributed by atoms with Gasteiger partial charge in [-0.2, -0.15) is 0 Å². The topological polar surface area (TPSA) is 75.0 Å². The minimum atomic E-state index is -0.256. The third kappa shape index (κ3) is 3.74. The highest BCUT2D eigenvalue weighted by molar-refractivity contribution is 8.00. The van der Waals surface area contributed by atoms with Crippen molar-refractivity contribution in [2.24, 2.45) is 0 Å². The minimum absolute atomic E-state index is 0.124. The van der Waals surface area contributed by atoms with Gasteiger partial charge in [-0.15, -0.1) is 10.2 Å². The van der Waals surface area contributed by atoms with E-state index in [4.69, 9.17) is 4.42 Å². The Hall–Kier alpha value is -2.28. The first-order valence-corrected chi connectivity index (χ1v) is 10.3. The number of hydrogen-bond acceptors (Lipinski definition) is 5. The largest absolute Gasteiger partial charge is 0.411 e. The van der Waals surface area contributed by atoms with Crippen molar-refractivity contribution in [3.63, 3.8) is 0 Å². The highest BCUT2D eigenvalue weighted by Gasteiger charge is 2.27. The summed E-state index contributed by atoms with van der Waals surface area (Å²) in [4.78, 5) is 17.9. The predicted octanol–water partition coefficient (Wildman–Crippen LogP) is 4.49. The van der Waals surface area contributed by atoms with E-state index in [-0.39, 0.29) is 11.2 Å². The van der Waals surface area contributed by atoms with E-state index < -0.39 is 0 Å². The molecule has 4 rings (SSSR count). The maximum absolute atomic E-state index is 12.8. The summed E-state index contributed by atoms with van der Waals surface area (Å²) in [6.45, 7) is 1.90. The molecule has 0 aliphatic heterocycles. The Morgan fingerprint density at radius 2 is 2.04 bits per heavy atom. The molecule has 1 N–H and O–H groups in total. The number of aromatic nitrogens is 3. The first kappa shape index (κ1) is 18.1. The van der Waals surface area contributed by atoms with Crippen LogP contribution in [0.4, 0.5) is 0 Å². The first-order chi connectivity index (χ1) is 13.1. The average Bonchev–Trinajstić information content (AvgIpc) is 3.34. The van der Waals surface area contributed by atoms with Crippen LogP contribution in [-0.4, -0.2) is 44.3 Å². The van der Waals surface area contributed by atoms with Crippen molar-refractivity contribution in [1.29, 1.82) is 0 Å². The highest BCUT2D eigenvalue weighted by atomic mass is 32.2. The summed E-state index contributed by atoms with van der Waals surface area (Å²) in [7, 11) is 1.92. The molecule has 1 aliphatic rings. The molecule has 1 atom stereocenters. The van der Waals surface area contributed by atoms with Gasteiger partial charge in [0, 0.05) is 30.2 Å². The molecular weight excluding hydrogens is 360 g/mol. The number of amides is 1. The summed E-state index contributed by atoms with van der Waals surface area (Å²) >= 11 is 1.33. The van der Waals surface area contributed by atoms with Gasteiger partial charge < -0.3 is 14.3 Å². The number of hydrogen-bond donors (Lipinski definition) is 1. The van der Waals surface area contributed by atoms with Gasteiger partial charge in [0.15, 0.2) is 0 Å². The number of para-hydroxylation sites is 1. The molecule has 142 valence electrons. The summed E-state index contributed by atoms with van der Waals surface area (Å²) in [5.74, 6) is 0.592. The van der Waals surface area contributed by atoms with Crippen molar-refractivity contribution in [1.82, 2.24) is 20.1 Å². The Balaban J connectivity index is 1.45. The number of benzene rings is 1. The maximum atomic E-state index is 12.8. The Labute approximate surface area is 162 Å². The molecule has 0 spiro atoms. The van der Waals surface area contributed by atoms with Crippen LogP contribution in [0.3, 0.4) is 0 Å². The van der Waals surface area contributed by atoms with Crippen LogP contribution >= 0.6 is 11.8 Å². The summed E-state index contributed by atoms with van der Waals surface area (Å²) < 4.78 is 5.83. The summed E-state index contributed by atoms with van der Waals surface area (Å²) in [5, 5.41) is 9.52. The number of rotatable bonds is 5. The second-order valence-electron chi connectivity index (χ2n) is 7.12. The van der Waals surface area contributed by atoms with E-state index in [0.29, 0.717) is 17.2 Å². The molecule has 6 nitrogen and oxygen atoms in total. The smallest absolute Gasteiger partial charge is 0.277 e. The fourth-order valence-corrected chi connectivity index (χ4v) is 4.54.